The number of thioether (sulfide) groups is 1. The molecule has 1 amide bonds. The molecule has 1 aromatic heterocycles. The lowest BCUT2D eigenvalue weighted by Gasteiger charge is -2.49. The summed E-state index contributed by atoms with van der Waals surface area (Å²) in [6.07, 6.45) is 0.128. The molecule has 8 heteroatoms. The minimum Gasteiger partial charge on any atom is -0.401 e. The average Bonchev–Trinajstić information content (AvgIpc) is 3.33. The quantitative estimate of drug-likeness (QED) is 0.456. The molecule has 0 bridgehead atoms. The second-order valence-electron chi connectivity index (χ2n) is 10.2. The van der Waals surface area contributed by atoms with Crippen LogP contribution in [0.1, 0.15) is 31.3 Å². The molecule has 3 heterocycles. The first kappa shape index (κ1) is 24.6. The number of carbonyl (C=O) groups excluding carboxylic acids is 1. The van der Waals surface area contributed by atoms with Crippen LogP contribution in [-0.2, 0) is 4.43 Å². The highest BCUT2D eigenvalue weighted by Gasteiger charge is 2.52. The first-order valence-corrected chi connectivity index (χ1v) is 16.2. The Balaban J connectivity index is 1.34. The predicted octanol–water partition coefficient (Wildman–Crippen LogP) is 4.10. The SMILES string of the molecule is CC(C)(C)[Si](OC1CN(c2nc(C(=O)N3CCSCC3)cs2)C1)(c1ccccc1)c1ccccc1. The van der Waals surface area contributed by atoms with Gasteiger partial charge in [0.2, 0.25) is 0 Å². The first-order valence-electron chi connectivity index (χ1n) is 12.2. The molecule has 35 heavy (non-hydrogen) atoms. The Morgan fingerprint density at radius 3 is 2.09 bits per heavy atom. The van der Waals surface area contributed by atoms with Crippen molar-refractivity contribution in [2.24, 2.45) is 0 Å². The fourth-order valence-corrected chi connectivity index (χ4v) is 11.4. The van der Waals surface area contributed by atoms with Gasteiger partial charge in [0.25, 0.3) is 14.2 Å². The smallest absolute Gasteiger partial charge is 0.273 e. The summed E-state index contributed by atoms with van der Waals surface area (Å²) < 4.78 is 7.21. The number of carbonyl (C=O) groups is 1. The fourth-order valence-electron chi connectivity index (χ4n) is 5.05. The lowest BCUT2D eigenvalue weighted by Crippen LogP contribution is -2.70. The van der Waals surface area contributed by atoms with Gasteiger partial charge in [-0.15, -0.1) is 11.3 Å². The van der Waals surface area contributed by atoms with Gasteiger partial charge >= 0.3 is 0 Å². The van der Waals surface area contributed by atoms with Crippen molar-refractivity contribution in [2.45, 2.75) is 31.9 Å². The molecule has 184 valence electrons. The molecule has 0 aliphatic carbocycles. The molecule has 2 fully saturated rings. The summed E-state index contributed by atoms with van der Waals surface area (Å²) in [5, 5.41) is 5.40. The van der Waals surface area contributed by atoms with Crippen LogP contribution in [0.15, 0.2) is 66.0 Å². The maximum Gasteiger partial charge on any atom is 0.273 e. The Labute approximate surface area is 217 Å². The van der Waals surface area contributed by atoms with E-state index in [1.807, 2.05) is 22.0 Å². The van der Waals surface area contributed by atoms with Crippen LogP contribution in [0.25, 0.3) is 0 Å². The van der Waals surface area contributed by atoms with Crippen LogP contribution < -0.4 is 15.3 Å². The molecular weight excluding hydrogens is 491 g/mol. The molecule has 2 aliphatic rings. The van der Waals surface area contributed by atoms with Crippen LogP contribution in [0.3, 0.4) is 0 Å². The van der Waals surface area contributed by atoms with E-state index in [1.165, 1.54) is 10.4 Å². The number of amides is 1. The van der Waals surface area contributed by atoms with E-state index in [0.717, 1.165) is 42.8 Å². The Hall–Kier alpha value is -2.13. The Morgan fingerprint density at radius 1 is 0.971 bits per heavy atom. The maximum absolute atomic E-state index is 12.8. The van der Waals surface area contributed by atoms with Gasteiger partial charge in [-0.3, -0.25) is 4.79 Å². The summed E-state index contributed by atoms with van der Waals surface area (Å²) in [5.41, 5.74) is 0.577. The van der Waals surface area contributed by atoms with Crippen LogP contribution >= 0.6 is 23.1 Å². The zero-order valence-electron chi connectivity index (χ0n) is 20.6. The monoisotopic (exact) mass is 523 g/mol. The van der Waals surface area contributed by atoms with Gasteiger partial charge in [-0.05, 0) is 15.4 Å². The molecule has 0 radical (unpaired) electrons. The lowest BCUT2D eigenvalue weighted by molar-refractivity contribution is 0.0767. The zero-order chi connectivity index (χ0) is 24.5. The van der Waals surface area contributed by atoms with Crippen molar-refractivity contribution in [3.05, 3.63) is 71.7 Å². The van der Waals surface area contributed by atoms with E-state index in [2.05, 4.69) is 86.3 Å². The molecule has 0 saturated carbocycles. The van der Waals surface area contributed by atoms with Crippen molar-refractivity contribution in [3.8, 4) is 0 Å². The van der Waals surface area contributed by atoms with Gasteiger partial charge in [0.05, 0.1) is 6.10 Å². The molecule has 0 atom stereocenters. The number of hydrogen-bond donors (Lipinski definition) is 0. The Kier molecular flexibility index (Phi) is 7.08. The number of rotatable bonds is 6. The maximum atomic E-state index is 12.8. The van der Waals surface area contributed by atoms with Crippen molar-refractivity contribution in [2.75, 3.05) is 42.6 Å². The van der Waals surface area contributed by atoms with E-state index in [4.69, 9.17) is 9.41 Å². The van der Waals surface area contributed by atoms with E-state index in [1.54, 1.807) is 11.3 Å². The minimum atomic E-state index is -2.55. The number of thiazole rings is 1. The molecule has 5 nitrogen and oxygen atoms in total. The first-order chi connectivity index (χ1) is 16.9. The van der Waals surface area contributed by atoms with Crippen LogP contribution in [0.5, 0.6) is 0 Å². The van der Waals surface area contributed by atoms with Crippen LogP contribution in [-0.4, -0.2) is 67.9 Å². The molecule has 2 aliphatic heterocycles. The van der Waals surface area contributed by atoms with Gasteiger partial charge in [-0.1, -0.05) is 81.4 Å². The van der Waals surface area contributed by atoms with E-state index < -0.39 is 8.32 Å². The number of anilines is 1. The highest BCUT2D eigenvalue weighted by Crippen LogP contribution is 2.39. The van der Waals surface area contributed by atoms with Gasteiger partial charge in [0.15, 0.2) is 5.13 Å². The van der Waals surface area contributed by atoms with Gasteiger partial charge in [-0.25, -0.2) is 4.98 Å². The summed E-state index contributed by atoms with van der Waals surface area (Å²) in [4.78, 5) is 21.7. The van der Waals surface area contributed by atoms with E-state index in [0.29, 0.717) is 5.69 Å². The van der Waals surface area contributed by atoms with Gasteiger partial charge in [-0.2, -0.15) is 11.8 Å². The fraction of sp³-hybridized carbons (Fsp3) is 0.407. The summed E-state index contributed by atoms with van der Waals surface area (Å²) in [5.74, 6) is 2.08. The van der Waals surface area contributed by atoms with Crippen LogP contribution in [0.2, 0.25) is 5.04 Å². The van der Waals surface area contributed by atoms with Crippen molar-refractivity contribution in [1.82, 2.24) is 9.88 Å². The number of benzene rings is 2. The molecule has 0 unspecified atom stereocenters. The Bertz CT molecular complexity index is 1100. The predicted molar refractivity (Wildman–Crippen MR) is 150 cm³/mol. The van der Waals surface area contributed by atoms with Crippen molar-refractivity contribution in [1.29, 1.82) is 0 Å². The summed E-state index contributed by atoms with van der Waals surface area (Å²) in [6.45, 7) is 10.2. The molecule has 3 aromatic rings. The summed E-state index contributed by atoms with van der Waals surface area (Å²) in [7, 11) is -2.55. The van der Waals surface area contributed by atoms with E-state index >= 15 is 0 Å². The summed E-state index contributed by atoms with van der Waals surface area (Å²) in [6, 6.07) is 21.6. The zero-order valence-corrected chi connectivity index (χ0v) is 23.3. The lowest BCUT2D eigenvalue weighted by atomic mass is 10.2. The van der Waals surface area contributed by atoms with Crippen LogP contribution in [0.4, 0.5) is 5.13 Å². The second kappa shape index (κ2) is 10.1. The van der Waals surface area contributed by atoms with E-state index in [-0.39, 0.29) is 17.0 Å². The largest absolute Gasteiger partial charge is 0.401 e. The minimum absolute atomic E-state index is 0.0381. The molecule has 0 spiro atoms. The molecule has 2 aromatic carbocycles. The van der Waals surface area contributed by atoms with Gasteiger partial charge < -0.3 is 14.2 Å². The van der Waals surface area contributed by atoms with Crippen molar-refractivity contribution >= 4 is 52.8 Å². The normalized spacial score (nSPS) is 17.3. The third kappa shape index (κ3) is 4.81. The van der Waals surface area contributed by atoms with E-state index in [9.17, 15) is 4.79 Å². The van der Waals surface area contributed by atoms with Crippen molar-refractivity contribution < 1.29 is 9.22 Å². The van der Waals surface area contributed by atoms with Gasteiger partial charge in [0, 0.05) is 43.1 Å². The average molecular weight is 524 g/mol. The van der Waals surface area contributed by atoms with Crippen LogP contribution in [0, 0.1) is 0 Å². The third-order valence-electron chi connectivity index (χ3n) is 6.89. The number of nitrogens with zero attached hydrogens (tertiary/aromatic N) is 3. The van der Waals surface area contributed by atoms with Gasteiger partial charge in [0.1, 0.15) is 5.69 Å². The topological polar surface area (TPSA) is 45.7 Å². The molecular formula is C27H33N3O2S2Si. The molecule has 5 rings (SSSR count). The molecule has 0 N–H and O–H groups in total. The Morgan fingerprint density at radius 2 is 1.54 bits per heavy atom. The number of aromatic nitrogens is 1. The van der Waals surface area contributed by atoms with Crippen molar-refractivity contribution in [3.63, 3.8) is 0 Å². The molecule has 2 saturated heterocycles. The summed E-state index contributed by atoms with van der Waals surface area (Å²) >= 11 is 3.47. The highest BCUT2D eigenvalue weighted by atomic mass is 32.2. The number of hydrogen-bond acceptors (Lipinski definition) is 6. The second-order valence-corrected chi connectivity index (χ2v) is 16.5. The standard InChI is InChI=1S/C27H33N3O2S2Si/c1-27(2,3)35(22-10-6-4-7-11-22,23-12-8-5-9-13-23)32-21-18-30(19-21)26-28-24(20-34-26)25(31)29-14-16-33-17-15-29/h4-13,20-21H,14-19H2,1-3H3. The highest BCUT2D eigenvalue weighted by molar-refractivity contribution is 7.99. The third-order valence-corrected chi connectivity index (χ3v) is 13.8.